The van der Waals surface area contributed by atoms with Crippen LogP contribution in [-0.4, -0.2) is 128 Å². The number of cyclic esters (lactones) is 1. The molecule has 4 aromatic rings. The number of hydrogen-bond acceptors (Lipinski definition) is 9. The van der Waals surface area contributed by atoms with Crippen molar-refractivity contribution in [1.29, 1.82) is 0 Å². The molecular formula is C51H63FN7O7Si. The van der Waals surface area contributed by atoms with Crippen LogP contribution in [0.3, 0.4) is 0 Å². The number of fused-ring (bicyclic) bond motifs is 6. The zero-order valence-corrected chi connectivity index (χ0v) is 40.9. The molecule has 2 aromatic carbocycles. The van der Waals surface area contributed by atoms with Gasteiger partial charge in [0, 0.05) is 74.8 Å². The molecule has 2 aromatic heterocycles. The molecule has 0 unspecified atom stereocenters. The third-order valence-corrected chi connectivity index (χ3v) is 14.0. The summed E-state index contributed by atoms with van der Waals surface area (Å²) in [5.41, 5.74) is 7.63. The number of amides is 4. The average Bonchev–Trinajstić information content (AvgIpc) is 3.91. The Morgan fingerprint density at radius 2 is 1.88 bits per heavy atom. The summed E-state index contributed by atoms with van der Waals surface area (Å²) in [6.07, 6.45) is 4.26. The Morgan fingerprint density at radius 1 is 1.13 bits per heavy atom. The van der Waals surface area contributed by atoms with Crippen molar-refractivity contribution in [2.75, 3.05) is 40.4 Å². The van der Waals surface area contributed by atoms with Crippen molar-refractivity contribution >= 4 is 50.7 Å². The van der Waals surface area contributed by atoms with Gasteiger partial charge in [-0.15, -0.1) is 0 Å². The minimum atomic E-state index is -2.25. The van der Waals surface area contributed by atoms with Gasteiger partial charge in [-0.1, -0.05) is 50.8 Å². The molecule has 0 spiro atoms. The second-order valence-electron chi connectivity index (χ2n) is 19.5. The maximum atomic E-state index is 16.3. The number of ether oxygens (including phenoxy) is 2. The highest BCUT2D eigenvalue weighted by Crippen LogP contribution is 2.42. The number of likely N-dealkylation sites (N-methyl/N-ethyl adjacent to an activating group) is 1. The molecule has 4 amide bonds. The molecule has 3 radical (unpaired) electrons. The highest BCUT2D eigenvalue weighted by Gasteiger charge is 2.46. The number of rotatable bonds is 10. The molecule has 6 bridgehead atoms. The average molecular weight is 933 g/mol. The number of nitrogens with zero attached hydrogens (tertiary/aromatic N) is 5. The number of likely N-dealkylation sites (tertiary alicyclic amines) is 1. The van der Waals surface area contributed by atoms with E-state index >= 15 is 4.39 Å². The van der Waals surface area contributed by atoms with E-state index in [1.807, 2.05) is 37.3 Å². The van der Waals surface area contributed by atoms with Gasteiger partial charge >= 0.3 is 5.97 Å². The number of hydrazine groups is 1. The lowest BCUT2D eigenvalue weighted by Crippen LogP contribution is -2.68. The largest absolute Gasteiger partial charge is 0.464 e. The molecule has 355 valence electrons. The predicted molar refractivity (Wildman–Crippen MR) is 255 cm³/mol. The van der Waals surface area contributed by atoms with E-state index in [2.05, 4.69) is 77.2 Å². The van der Waals surface area contributed by atoms with Crippen LogP contribution in [-0.2, 0) is 52.8 Å². The van der Waals surface area contributed by atoms with Gasteiger partial charge in [0.15, 0.2) is 0 Å². The number of aromatic nitrogens is 2. The van der Waals surface area contributed by atoms with Crippen LogP contribution in [0.1, 0.15) is 83.7 Å². The first-order valence-corrected chi connectivity index (χ1v) is 23.6. The maximum Gasteiger partial charge on any atom is 0.323 e. The van der Waals surface area contributed by atoms with Crippen molar-refractivity contribution in [3.8, 4) is 22.4 Å². The van der Waals surface area contributed by atoms with Gasteiger partial charge in [-0.2, -0.15) is 0 Å². The number of alkyl halides is 1. The first-order valence-electron chi connectivity index (χ1n) is 23.1. The van der Waals surface area contributed by atoms with Crippen molar-refractivity contribution in [2.45, 2.75) is 109 Å². The minimum absolute atomic E-state index is 0.00634. The molecule has 3 aliphatic heterocycles. The van der Waals surface area contributed by atoms with E-state index in [1.54, 1.807) is 13.3 Å². The van der Waals surface area contributed by atoms with Gasteiger partial charge in [-0.3, -0.25) is 34.0 Å². The van der Waals surface area contributed by atoms with Crippen molar-refractivity contribution < 1.29 is 37.8 Å². The van der Waals surface area contributed by atoms with Crippen LogP contribution in [0.25, 0.3) is 33.3 Å². The standard InChI is InChI=1S/C51H63FN7O7Si/c1-10-41(60)57-24-20-35(29-57)46(62)56(8)44(50(6,7)52)45(61)54-39-26-32-15-12-16-33(25-32)34-18-19-40-37(27-34)38(43(58(40)11-2)36-17-13-22-53-42(36)31(3)65-9)28-49(4,5)30-66-48(64)51(67)21-14-23-59(55-51)47(39)63/h10,12-13,15-19,22,25,27,31,35,39,44,55H,1,11,14,20-21,23-24,26,28-30H2,2-9H3,(H,54,61)/t31-,35-,39-,44+,51-/m0/s1. The molecule has 67 heavy (non-hydrogen) atoms. The van der Waals surface area contributed by atoms with Crippen molar-refractivity contribution in [3.63, 3.8) is 0 Å². The van der Waals surface area contributed by atoms with E-state index in [4.69, 9.17) is 14.5 Å². The Morgan fingerprint density at radius 3 is 2.58 bits per heavy atom. The molecule has 5 heterocycles. The summed E-state index contributed by atoms with van der Waals surface area (Å²) in [6, 6.07) is 15.2. The number of aryl methyl sites for hydroxylation is 1. The van der Waals surface area contributed by atoms with Gasteiger partial charge in [-0.25, -0.2) is 9.82 Å². The van der Waals surface area contributed by atoms with Gasteiger partial charge in [0.05, 0.1) is 40.3 Å². The summed E-state index contributed by atoms with van der Waals surface area (Å²) < 4.78 is 30.6. The van der Waals surface area contributed by atoms with E-state index in [0.29, 0.717) is 44.3 Å². The van der Waals surface area contributed by atoms with E-state index in [1.165, 1.54) is 36.9 Å². The van der Waals surface area contributed by atoms with Gasteiger partial charge in [0.1, 0.15) is 22.9 Å². The van der Waals surface area contributed by atoms with E-state index in [0.717, 1.165) is 49.4 Å². The Hall–Kier alpha value is -5.71. The van der Waals surface area contributed by atoms with Gasteiger partial charge < -0.3 is 29.2 Å². The lowest BCUT2D eigenvalue weighted by Gasteiger charge is -2.42. The van der Waals surface area contributed by atoms with Gasteiger partial charge in [-0.05, 0) is 106 Å². The molecule has 0 aliphatic carbocycles. The molecule has 14 nitrogen and oxygen atoms in total. The fourth-order valence-corrected chi connectivity index (χ4v) is 10.3. The molecule has 2 N–H and O–H groups in total. The molecule has 3 aliphatic rings. The minimum Gasteiger partial charge on any atom is -0.464 e. The van der Waals surface area contributed by atoms with E-state index in [9.17, 15) is 24.0 Å². The zero-order valence-electron chi connectivity index (χ0n) is 39.9. The Bertz CT molecular complexity index is 2570. The molecule has 2 fully saturated rings. The third kappa shape index (κ3) is 10.1. The Balaban J connectivity index is 1.32. The van der Waals surface area contributed by atoms with Gasteiger partial charge in [0.25, 0.3) is 5.91 Å². The summed E-state index contributed by atoms with van der Waals surface area (Å²) in [7, 11) is 6.73. The number of hydrogen-bond donors (Lipinski definition) is 2. The highest BCUT2D eigenvalue weighted by atomic mass is 28.1. The second-order valence-corrected chi connectivity index (χ2v) is 20.4. The summed E-state index contributed by atoms with van der Waals surface area (Å²) in [5, 5.41) is 3.69. The number of nitrogens with one attached hydrogen (secondary N) is 2. The van der Waals surface area contributed by atoms with Crippen molar-refractivity contribution in [3.05, 3.63) is 90.3 Å². The smallest absolute Gasteiger partial charge is 0.323 e. The SMILES string of the molecule is C=CC(=O)N1CC[C@H](C(=O)N(C)[C@H](C(=O)N[C@H]2Cc3cccc(c3)-c3ccc4c(c3)c(c(-c3cccnc3[C@H](C)OC)n4CC)CC(C)(C)COC(=O)[C@@]3([Si])CCCN(N3)C2=O)C(C)(C)F)C1. The summed E-state index contributed by atoms with van der Waals surface area (Å²) >= 11 is 0. The fourth-order valence-electron chi connectivity index (χ4n) is 9.95. The van der Waals surface area contributed by atoms with Crippen LogP contribution in [0.5, 0.6) is 0 Å². The van der Waals surface area contributed by atoms with Crippen LogP contribution in [0.2, 0.25) is 0 Å². The Kier molecular flexibility index (Phi) is 14.3. The highest BCUT2D eigenvalue weighted by molar-refractivity contribution is 6.27. The second kappa shape index (κ2) is 19.5. The lowest BCUT2D eigenvalue weighted by molar-refractivity contribution is -0.158. The number of benzene rings is 2. The summed E-state index contributed by atoms with van der Waals surface area (Å²) in [4.78, 5) is 77.1. The Labute approximate surface area is 396 Å². The van der Waals surface area contributed by atoms with Crippen LogP contribution >= 0.6 is 0 Å². The molecule has 16 heteroatoms. The first kappa shape index (κ1) is 49.2. The van der Waals surface area contributed by atoms with Crippen molar-refractivity contribution in [1.82, 2.24) is 35.1 Å². The summed E-state index contributed by atoms with van der Waals surface area (Å²) in [6.45, 7) is 15.5. The number of halogens is 1. The van der Waals surface area contributed by atoms with Crippen molar-refractivity contribution in [2.24, 2.45) is 11.3 Å². The van der Waals surface area contributed by atoms with Crippen LogP contribution in [0, 0.1) is 11.3 Å². The lowest BCUT2D eigenvalue weighted by atomic mass is 9.84. The molecule has 0 saturated carbocycles. The summed E-state index contributed by atoms with van der Waals surface area (Å²) in [5.74, 6) is -3.51. The maximum absolute atomic E-state index is 16.3. The van der Waals surface area contributed by atoms with Gasteiger partial charge in [0.2, 0.25) is 17.7 Å². The molecule has 5 atom stereocenters. The molecule has 2 saturated heterocycles. The number of carbonyl (C=O) groups is 5. The van der Waals surface area contributed by atoms with E-state index in [-0.39, 0.29) is 38.1 Å². The number of carbonyl (C=O) groups excluding carboxylic acids is 5. The first-order chi connectivity index (χ1) is 31.7. The molecular weight excluding hydrogens is 870 g/mol. The number of methoxy groups -OCH3 is 1. The topological polar surface area (TPSA) is 155 Å². The number of esters is 1. The fraction of sp³-hybridized carbons (Fsp3) is 0.490. The zero-order chi connectivity index (χ0) is 48.6. The van der Waals surface area contributed by atoms with Crippen LogP contribution in [0.4, 0.5) is 4.39 Å². The van der Waals surface area contributed by atoms with Crippen LogP contribution in [0.15, 0.2) is 73.4 Å². The van der Waals surface area contributed by atoms with E-state index < -0.39 is 57.9 Å². The third-order valence-electron chi connectivity index (χ3n) is 13.4. The normalized spacial score (nSPS) is 22.1. The predicted octanol–water partition coefficient (Wildman–Crippen LogP) is 5.85. The number of pyridine rings is 1. The quantitative estimate of drug-likeness (QED) is 0.113. The van der Waals surface area contributed by atoms with Crippen LogP contribution < -0.4 is 10.7 Å². The molecule has 7 rings (SSSR count). The monoisotopic (exact) mass is 932 g/mol.